The maximum absolute atomic E-state index is 9.57. The van der Waals surface area contributed by atoms with Crippen molar-refractivity contribution in [1.82, 2.24) is 9.55 Å². The first-order valence-corrected chi connectivity index (χ1v) is 7.89. The molecule has 0 unspecified atom stereocenters. The molecule has 120 valence electrons. The van der Waals surface area contributed by atoms with Crippen LogP contribution in [0.15, 0.2) is 48.5 Å². The second-order valence-corrected chi connectivity index (χ2v) is 5.89. The number of hydrogen-bond acceptors (Lipinski definition) is 3. The highest BCUT2D eigenvalue weighted by atomic mass is 16.5. The van der Waals surface area contributed by atoms with Gasteiger partial charge in [0, 0.05) is 7.05 Å². The van der Waals surface area contributed by atoms with Gasteiger partial charge in [0.15, 0.2) is 5.82 Å². The van der Waals surface area contributed by atoms with Gasteiger partial charge in [0.05, 0.1) is 22.7 Å². The summed E-state index contributed by atoms with van der Waals surface area (Å²) in [5.41, 5.74) is 3.37. The molecule has 0 spiro atoms. The lowest BCUT2D eigenvalue weighted by atomic mass is 10.1. The van der Waals surface area contributed by atoms with Crippen molar-refractivity contribution in [1.29, 1.82) is 5.26 Å². The second-order valence-electron chi connectivity index (χ2n) is 5.89. The second kappa shape index (κ2) is 6.59. The van der Waals surface area contributed by atoms with E-state index in [4.69, 9.17) is 4.74 Å². The zero-order valence-corrected chi connectivity index (χ0v) is 14.0. The number of aryl methyl sites for hydroxylation is 1. The molecule has 3 rings (SSSR count). The van der Waals surface area contributed by atoms with Crippen LogP contribution < -0.4 is 4.74 Å². The lowest BCUT2D eigenvalue weighted by Crippen LogP contribution is -2.05. The fourth-order valence-corrected chi connectivity index (χ4v) is 2.61. The third-order valence-corrected chi connectivity index (χ3v) is 3.71. The molecular formula is C20H19N3O. The summed E-state index contributed by atoms with van der Waals surface area (Å²) in [5, 5.41) is 9.57. The minimum Gasteiger partial charge on any atom is -0.491 e. The third kappa shape index (κ3) is 3.16. The van der Waals surface area contributed by atoms with E-state index in [1.165, 1.54) is 0 Å². The molecule has 0 atom stereocenters. The molecule has 0 bridgehead atoms. The first kappa shape index (κ1) is 15.8. The van der Waals surface area contributed by atoms with Crippen LogP contribution in [0.4, 0.5) is 0 Å². The Balaban J connectivity index is 1.97. The Hall–Kier alpha value is -3.06. The van der Waals surface area contributed by atoms with Crippen molar-refractivity contribution >= 4 is 22.7 Å². The highest BCUT2D eigenvalue weighted by molar-refractivity contribution is 5.90. The third-order valence-electron chi connectivity index (χ3n) is 3.71. The average molecular weight is 317 g/mol. The zero-order chi connectivity index (χ0) is 17.1. The Bertz CT molecular complexity index is 928. The van der Waals surface area contributed by atoms with E-state index in [0.29, 0.717) is 11.4 Å². The molecule has 0 saturated heterocycles. The largest absolute Gasteiger partial charge is 0.491 e. The quantitative estimate of drug-likeness (QED) is 0.669. The van der Waals surface area contributed by atoms with E-state index in [0.717, 1.165) is 22.3 Å². The molecule has 1 heterocycles. The van der Waals surface area contributed by atoms with Crippen LogP contribution in [0.2, 0.25) is 0 Å². The van der Waals surface area contributed by atoms with E-state index in [9.17, 15) is 5.26 Å². The number of ether oxygens (including phenoxy) is 1. The Morgan fingerprint density at radius 1 is 1.17 bits per heavy atom. The minimum absolute atomic E-state index is 0.140. The predicted molar refractivity (Wildman–Crippen MR) is 96.4 cm³/mol. The summed E-state index contributed by atoms with van der Waals surface area (Å²) >= 11 is 0. The van der Waals surface area contributed by atoms with Crippen molar-refractivity contribution in [2.45, 2.75) is 20.0 Å². The van der Waals surface area contributed by atoms with Crippen LogP contribution in [0.1, 0.15) is 25.2 Å². The number of benzene rings is 2. The Morgan fingerprint density at radius 2 is 1.88 bits per heavy atom. The molecule has 1 aromatic heterocycles. The molecule has 0 aliphatic rings. The standard InChI is InChI=1S/C20H19N3O/c1-14(2)24-17-10-8-15(9-11-17)12-16(13-21)20-22-18-6-4-5-7-19(18)23(20)3/h4-12,14H,1-3H3. The highest BCUT2D eigenvalue weighted by Crippen LogP contribution is 2.23. The normalized spacial score (nSPS) is 11.7. The van der Waals surface area contributed by atoms with E-state index >= 15 is 0 Å². The number of imidazole rings is 1. The van der Waals surface area contributed by atoms with Crippen LogP contribution in [-0.2, 0) is 7.05 Å². The van der Waals surface area contributed by atoms with Crippen molar-refractivity contribution in [3.05, 3.63) is 59.9 Å². The minimum atomic E-state index is 0.140. The number of rotatable bonds is 4. The van der Waals surface area contributed by atoms with Crippen LogP contribution >= 0.6 is 0 Å². The van der Waals surface area contributed by atoms with Gasteiger partial charge < -0.3 is 9.30 Å². The maximum Gasteiger partial charge on any atom is 0.151 e. The van der Waals surface area contributed by atoms with Crippen LogP contribution in [0.25, 0.3) is 22.7 Å². The lowest BCUT2D eigenvalue weighted by Gasteiger charge is -2.09. The van der Waals surface area contributed by atoms with Gasteiger partial charge in [0.1, 0.15) is 11.8 Å². The fourth-order valence-electron chi connectivity index (χ4n) is 2.61. The van der Waals surface area contributed by atoms with Gasteiger partial charge in [0.25, 0.3) is 0 Å². The number of allylic oxidation sites excluding steroid dienone is 1. The van der Waals surface area contributed by atoms with Gasteiger partial charge in [-0.05, 0) is 49.8 Å². The topological polar surface area (TPSA) is 50.8 Å². The fraction of sp³-hybridized carbons (Fsp3) is 0.200. The van der Waals surface area contributed by atoms with E-state index < -0.39 is 0 Å². The summed E-state index contributed by atoms with van der Waals surface area (Å²) in [6.07, 6.45) is 1.99. The maximum atomic E-state index is 9.57. The first-order chi connectivity index (χ1) is 11.6. The molecule has 24 heavy (non-hydrogen) atoms. The number of hydrogen-bond donors (Lipinski definition) is 0. The SMILES string of the molecule is CC(C)Oc1ccc(C=C(C#N)c2nc3ccccc3n2C)cc1. The van der Waals surface area contributed by atoms with Crippen LogP contribution in [0, 0.1) is 11.3 Å². The monoisotopic (exact) mass is 317 g/mol. The van der Waals surface area contributed by atoms with E-state index in [1.807, 2.05) is 80.1 Å². The number of aromatic nitrogens is 2. The van der Waals surface area contributed by atoms with Gasteiger partial charge in [-0.1, -0.05) is 24.3 Å². The number of nitriles is 1. The van der Waals surface area contributed by atoms with Gasteiger partial charge in [-0.15, -0.1) is 0 Å². The van der Waals surface area contributed by atoms with Crippen molar-refractivity contribution in [3.8, 4) is 11.8 Å². The molecule has 0 saturated carbocycles. The summed E-state index contributed by atoms with van der Waals surface area (Å²) in [6.45, 7) is 3.99. The number of nitrogens with zero attached hydrogens (tertiary/aromatic N) is 3. The smallest absolute Gasteiger partial charge is 0.151 e. The van der Waals surface area contributed by atoms with Gasteiger partial charge in [-0.2, -0.15) is 5.26 Å². The van der Waals surface area contributed by atoms with Crippen LogP contribution in [0.3, 0.4) is 0 Å². The van der Waals surface area contributed by atoms with E-state index in [1.54, 1.807) is 0 Å². The molecule has 4 heteroatoms. The Kier molecular flexibility index (Phi) is 4.35. The van der Waals surface area contributed by atoms with Gasteiger partial charge >= 0.3 is 0 Å². The molecule has 0 radical (unpaired) electrons. The molecule has 2 aromatic carbocycles. The van der Waals surface area contributed by atoms with E-state index in [2.05, 4.69) is 11.1 Å². The van der Waals surface area contributed by atoms with Gasteiger partial charge in [-0.3, -0.25) is 0 Å². The first-order valence-electron chi connectivity index (χ1n) is 7.89. The van der Waals surface area contributed by atoms with Gasteiger partial charge in [0.2, 0.25) is 0 Å². The summed E-state index contributed by atoms with van der Waals surface area (Å²) in [4.78, 5) is 4.58. The molecule has 3 aromatic rings. The molecule has 0 aliphatic heterocycles. The zero-order valence-electron chi connectivity index (χ0n) is 14.0. The summed E-state index contributed by atoms with van der Waals surface area (Å²) in [7, 11) is 1.93. The average Bonchev–Trinajstić information content (AvgIpc) is 2.91. The Labute approximate surface area is 141 Å². The molecule has 0 N–H and O–H groups in total. The lowest BCUT2D eigenvalue weighted by molar-refractivity contribution is 0.242. The highest BCUT2D eigenvalue weighted by Gasteiger charge is 2.11. The summed E-state index contributed by atoms with van der Waals surface area (Å²) in [5.74, 6) is 1.49. The van der Waals surface area contributed by atoms with Crippen LogP contribution in [0.5, 0.6) is 5.75 Å². The summed E-state index contributed by atoms with van der Waals surface area (Å²) < 4.78 is 7.59. The van der Waals surface area contributed by atoms with Crippen molar-refractivity contribution < 1.29 is 4.74 Å². The Morgan fingerprint density at radius 3 is 2.50 bits per heavy atom. The van der Waals surface area contributed by atoms with Crippen LogP contribution in [-0.4, -0.2) is 15.7 Å². The van der Waals surface area contributed by atoms with Crippen molar-refractivity contribution in [3.63, 3.8) is 0 Å². The predicted octanol–water partition coefficient (Wildman–Crippen LogP) is 4.42. The molecule has 0 fully saturated rings. The number of fused-ring (bicyclic) bond motifs is 1. The molecule has 4 nitrogen and oxygen atoms in total. The van der Waals surface area contributed by atoms with Gasteiger partial charge in [-0.25, -0.2) is 4.98 Å². The van der Waals surface area contributed by atoms with Crippen molar-refractivity contribution in [2.24, 2.45) is 7.05 Å². The number of para-hydroxylation sites is 2. The summed E-state index contributed by atoms with van der Waals surface area (Å²) in [6, 6.07) is 17.8. The van der Waals surface area contributed by atoms with E-state index in [-0.39, 0.29) is 6.10 Å². The van der Waals surface area contributed by atoms with Crippen molar-refractivity contribution in [2.75, 3.05) is 0 Å². The molecule has 0 aliphatic carbocycles. The molecule has 0 amide bonds. The molecular weight excluding hydrogens is 298 g/mol.